The van der Waals surface area contributed by atoms with Crippen molar-refractivity contribution in [2.24, 2.45) is 5.92 Å². The van der Waals surface area contributed by atoms with Crippen molar-refractivity contribution in [3.8, 4) is 0 Å². The van der Waals surface area contributed by atoms with Crippen LogP contribution < -0.4 is 20.9 Å². The zero-order valence-electron chi connectivity index (χ0n) is 18.6. The van der Waals surface area contributed by atoms with Gasteiger partial charge < -0.3 is 25.2 Å². The number of benzene rings is 1. The molecule has 0 aliphatic carbocycles. The summed E-state index contributed by atoms with van der Waals surface area (Å²) in [6, 6.07) is 3.93. The fourth-order valence-corrected chi connectivity index (χ4v) is 4.92. The van der Waals surface area contributed by atoms with E-state index in [1.807, 2.05) is 18.7 Å². The van der Waals surface area contributed by atoms with Crippen LogP contribution in [0.5, 0.6) is 0 Å². The van der Waals surface area contributed by atoms with Crippen LogP contribution in [0.3, 0.4) is 0 Å². The molecule has 32 heavy (non-hydrogen) atoms. The number of anilines is 2. The van der Waals surface area contributed by atoms with Crippen molar-refractivity contribution >= 4 is 29.3 Å². The molecule has 0 spiro atoms. The number of carbonyl (C=O) groups excluding carboxylic acids is 3. The zero-order chi connectivity index (χ0) is 23.0. The summed E-state index contributed by atoms with van der Waals surface area (Å²) in [5.41, 5.74) is -0.0642. The molecule has 3 aliphatic heterocycles. The lowest BCUT2D eigenvalue weighted by atomic mass is 9.79. The Labute approximate surface area is 186 Å². The Kier molecular flexibility index (Phi) is 5.98. The molecule has 0 unspecified atom stereocenters. The number of morpholine rings is 1. The summed E-state index contributed by atoms with van der Waals surface area (Å²) in [6.45, 7) is 7.75. The molecule has 1 aromatic carbocycles. The van der Waals surface area contributed by atoms with Crippen LogP contribution in [0.1, 0.15) is 33.6 Å². The van der Waals surface area contributed by atoms with E-state index >= 15 is 0 Å². The monoisotopic (exact) mass is 447 g/mol. The van der Waals surface area contributed by atoms with E-state index in [1.165, 1.54) is 6.07 Å². The Morgan fingerprint density at radius 1 is 1.19 bits per heavy atom. The number of carbonyl (C=O) groups is 3. The summed E-state index contributed by atoms with van der Waals surface area (Å²) in [6.07, 6.45) is 1.20. The van der Waals surface area contributed by atoms with Crippen molar-refractivity contribution in [2.45, 2.75) is 51.4 Å². The Balaban J connectivity index is 1.34. The van der Waals surface area contributed by atoms with Crippen molar-refractivity contribution < 1.29 is 23.5 Å². The molecule has 4 rings (SSSR count). The van der Waals surface area contributed by atoms with E-state index in [4.69, 9.17) is 4.74 Å². The fourth-order valence-electron chi connectivity index (χ4n) is 4.92. The molecule has 174 valence electrons. The van der Waals surface area contributed by atoms with Gasteiger partial charge in [0.15, 0.2) is 0 Å². The van der Waals surface area contributed by atoms with E-state index in [0.717, 1.165) is 0 Å². The number of imide groups is 1. The van der Waals surface area contributed by atoms with Crippen LogP contribution >= 0.6 is 0 Å². The predicted molar refractivity (Wildman–Crippen MR) is 117 cm³/mol. The van der Waals surface area contributed by atoms with Crippen LogP contribution in [0, 0.1) is 11.7 Å². The predicted octanol–water partition coefficient (Wildman–Crippen LogP) is 2.28. The van der Waals surface area contributed by atoms with Crippen LogP contribution in [0.4, 0.5) is 25.4 Å². The second-order valence-electron chi connectivity index (χ2n) is 9.13. The largest absolute Gasteiger partial charge is 0.372 e. The Morgan fingerprint density at radius 3 is 2.41 bits per heavy atom. The number of piperidine rings is 1. The Morgan fingerprint density at radius 2 is 1.84 bits per heavy atom. The maximum Gasteiger partial charge on any atom is 0.322 e. The lowest BCUT2D eigenvalue weighted by Crippen LogP contribution is -2.54. The third-order valence-electron chi connectivity index (χ3n) is 6.63. The number of hydrogen-bond donors (Lipinski definition) is 3. The molecular formula is C22H30FN5O4. The van der Waals surface area contributed by atoms with Crippen LogP contribution in [-0.4, -0.2) is 66.8 Å². The number of ether oxygens (including phenoxy) is 1. The first-order valence-corrected chi connectivity index (χ1v) is 11.0. The van der Waals surface area contributed by atoms with E-state index in [-0.39, 0.29) is 30.1 Å². The molecule has 1 aromatic rings. The van der Waals surface area contributed by atoms with E-state index in [1.54, 1.807) is 24.0 Å². The second kappa shape index (κ2) is 8.57. The summed E-state index contributed by atoms with van der Waals surface area (Å²) >= 11 is 0. The topological polar surface area (TPSA) is 103 Å². The molecular weight excluding hydrogens is 417 g/mol. The standard InChI is InChI=1S/C22H30FN5O4/c1-13-11-28(12-14(2)32-13)18-5-4-16(10-17(18)23)24-21(31)27-8-6-15(7-9-27)22(3)19(29)25-20(30)26-22/h4-5,10,13-15H,6-9,11-12H2,1-3H3,(H,24,31)(H2,25,26,29,30)/t13-,14-,22-/m1/s1. The van der Waals surface area contributed by atoms with Crippen LogP contribution in [0.2, 0.25) is 0 Å². The third kappa shape index (κ3) is 4.36. The van der Waals surface area contributed by atoms with E-state index in [9.17, 15) is 18.8 Å². The molecule has 0 saturated carbocycles. The highest BCUT2D eigenvalue weighted by Crippen LogP contribution is 2.31. The maximum absolute atomic E-state index is 14.8. The highest BCUT2D eigenvalue weighted by molar-refractivity contribution is 6.07. The van der Waals surface area contributed by atoms with Gasteiger partial charge in [-0.25, -0.2) is 14.0 Å². The van der Waals surface area contributed by atoms with Crippen molar-refractivity contribution in [2.75, 3.05) is 36.4 Å². The summed E-state index contributed by atoms with van der Waals surface area (Å²) in [5.74, 6) is -0.781. The molecule has 3 aliphatic rings. The highest BCUT2D eigenvalue weighted by atomic mass is 19.1. The van der Waals surface area contributed by atoms with Gasteiger partial charge in [0, 0.05) is 31.9 Å². The summed E-state index contributed by atoms with van der Waals surface area (Å²) in [5, 5.41) is 7.75. The number of amides is 5. The number of hydrogen-bond acceptors (Lipinski definition) is 5. The Bertz CT molecular complexity index is 910. The van der Waals surface area contributed by atoms with Gasteiger partial charge in [0.1, 0.15) is 11.4 Å². The van der Waals surface area contributed by atoms with E-state index in [2.05, 4.69) is 16.0 Å². The van der Waals surface area contributed by atoms with Gasteiger partial charge in [-0.3, -0.25) is 10.1 Å². The smallest absolute Gasteiger partial charge is 0.322 e. The average Bonchev–Trinajstić information content (AvgIpc) is 2.99. The maximum atomic E-state index is 14.8. The van der Waals surface area contributed by atoms with Crippen molar-refractivity contribution in [1.82, 2.24) is 15.5 Å². The van der Waals surface area contributed by atoms with Gasteiger partial charge in [-0.1, -0.05) is 0 Å². The Hall–Kier alpha value is -2.88. The number of rotatable bonds is 3. The van der Waals surface area contributed by atoms with Gasteiger partial charge in [0.2, 0.25) is 0 Å². The second-order valence-corrected chi connectivity index (χ2v) is 9.13. The lowest BCUT2D eigenvalue weighted by molar-refractivity contribution is -0.125. The first-order chi connectivity index (χ1) is 15.2. The van der Waals surface area contributed by atoms with Crippen LogP contribution in [0.25, 0.3) is 0 Å². The number of urea groups is 2. The molecule has 10 heteroatoms. The molecule has 3 atom stereocenters. The van der Waals surface area contributed by atoms with Gasteiger partial charge >= 0.3 is 12.1 Å². The number of nitrogens with zero attached hydrogens (tertiary/aromatic N) is 2. The molecule has 3 N–H and O–H groups in total. The highest BCUT2D eigenvalue weighted by Gasteiger charge is 2.48. The summed E-state index contributed by atoms with van der Waals surface area (Å²) < 4.78 is 20.5. The third-order valence-corrected chi connectivity index (χ3v) is 6.63. The van der Waals surface area contributed by atoms with Crippen molar-refractivity contribution in [3.63, 3.8) is 0 Å². The quantitative estimate of drug-likeness (QED) is 0.617. The normalized spacial score (nSPS) is 29.0. The molecule has 3 saturated heterocycles. The first-order valence-electron chi connectivity index (χ1n) is 11.0. The molecule has 3 heterocycles. The summed E-state index contributed by atoms with van der Waals surface area (Å²) in [4.78, 5) is 40.0. The molecule has 5 amide bonds. The van der Waals surface area contributed by atoms with Crippen molar-refractivity contribution in [1.29, 1.82) is 0 Å². The SMILES string of the molecule is C[C@@H]1CN(c2ccc(NC(=O)N3CCC([C@@]4(C)NC(=O)NC4=O)CC3)cc2F)C[C@@H](C)O1. The minimum Gasteiger partial charge on any atom is -0.372 e. The molecule has 0 aromatic heterocycles. The molecule has 9 nitrogen and oxygen atoms in total. The van der Waals surface area contributed by atoms with Gasteiger partial charge in [0.05, 0.1) is 17.9 Å². The van der Waals surface area contributed by atoms with E-state index in [0.29, 0.717) is 50.4 Å². The number of likely N-dealkylation sites (tertiary alicyclic amines) is 1. The van der Waals surface area contributed by atoms with Gasteiger partial charge in [-0.15, -0.1) is 0 Å². The van der Waals surface area contributed by atoms with E-state index < -0.39 is 17.4 Å². The number of halogens is 1. The fraction of sp³-hybridized carbons (Fsp3) is 0.591. The van der Waals surface area contributed by atoms with Crippen LogP contribution in [-0.2, 0) is 9.53 Å². The van der Waals surface area contributed by atoms with Gasteiger partial charge in [-0.2, -0.15) is 0 Å². The minimum atomic E-state index is -0.951. The van der Waals surface area contributed by atoms with Crippen molar-refractivity contribution in [3.05, 3.63) is 24.0 Å². The zero-order valence-corrected chi connectivity index (χ0v) is 18.6. The van der Waals surface area contributed by atoms with Gasteiger partial charge in [0.25, 0.3) is 5.91 Å². The van der Waals surface area contributed by atoms with Crippen LogP contribution in [0.15, 0.2) is 18.2 Å². The molecule has 3 fully saturated rings. The average molecular weight is 448 g/mol. The molecule has 0 bridgehead atoms. The number of nitrogens with one attached hydrogen (secondary N) is 3. The minimum absolute atomic E-state index is 0.0198. The first kappa shape index (κ1) is 22.3. The lowest BCUT2D eigenvalue weighted by Gasteiger charge is -2.38. The van der Waals surface area contributed by atoms with Gasteiger partial charge in [-0.05, 0) is 57.7 Å². The summed E-state index contributed by atoms with van der Waals surface area (Å²) in [7, 11) is 0. The molecule has 0 radical (unpaired) electrons.